The van der Waals surface area contributed by atoms with Crippen LogP contribution < -0.4 is 4.72 Å². The molecule has 1 aromatic heterocycles. The molecule has 0 fully saturated rings. The van der Waals surface area contributed by atoms with E-state index in [2.05, 4.69) is 25.8 Å². The molecule has 0 saturated carbocycles. The van der Waals surface area contributed by atoms with Crippen molar-refractivity contribution >= 4 is 43.4 Å². The molecule has 0 bridgehead atoms. The van der Waals surface area contributed by atoms with Gasteiger partial charge in [-0.25, -0.2) is 13.1 Å². The van der Waals surface area contributed by atoms with E-state index in [9.17, 15) is 8.42 Å². The summed E-state index contributed by atoms with van der Waals surface area (Å²) in [6, 6.07) is 3.27. The van der Waals surface area contributed by atoms with Gasteiger partial charge in [0.1, 0.15) is 4.47 Å². The van der Waals surface area contributed by atoms with E-state index in [1.165, 1.54) is 0 Å². The minimum absolute atomic E-state index is 0.0412. The van der Waals surface area contributed by atoms with E-state index >= 15 is 0 Å². The van der Waals surface area contributed by atoms with Crippen molar-refractivity contribution in [3.05, 3.63) is 38.4 Å². The van der Waals surface area contributed by atoms with Crippen LogP contribution in [0.3, 0.4) is 0 Å². The van der Waals surface area contributed by atoms with Gasteiger partial charge in [-0.3, -0.25) is 0 Å². The summed E-state index contributed by atoms with van der Waals surface area (Å²) >= 11 is 9.24. The topological polar surface area (TPSA) is 72.2 Å². The van der Waals surface area contributed by atoms with Crippen LogP contribution >= 0.6 is 27.5 Å². The molecule has 0 aliphatic carbocycles. The van der Waals surface area contributed by atoms with Crippen LogP contribution in [0.5, 0.6) is 0 Å². The zero-order valence-electron chi connectivity index (χ0n) is 11.0. The molecule has 20 heavy (non-hydrogen) atoms. The smallest absolute Gasteiger partial charge is 0.264 e. The summed E-state index contributed by atoms with van der Waals surface area (Å²) in [7, 11) is -3.80. The average Bonchev–Trinajstić information content (AvgIpc) is 2.65. The zero-order chi connectivity index (χ0) is 15.1. The van der Waals surface area contributed by atoms with Crippen LogP contribution in [0.1, 0.15) is 16.8 Å². The number of hydrogen-bond acceptors (Lipinski definition) is 4. The molecule has 0 amide bonds. The van der Waals surface area contributed by atoms with Gasteiger partial charge in [-0.1, -0.05) is 16.8 Å². The Bertz CT molecular complexity index is 771. The number of halogens is 2. The van der Waals surface area contributed by atoms with Crippen LogP contribution in [-0.2, 0) is 10.0 Å². The highest BCUT2D eigenvalue weighted by molar-refractivity contribution is 9.10. The van der Waals surface area contributed by atoms with Gasteiger partial charge in [0.25, 0.3) is 15.9 Å². The molecule has 2 rings (SSSR count). The van der Waals surface area contributed by atoms with E-state index in [1.807, 2.05) is 0 Å². The zero-order valence-corrected chi connectivity index (χ0v) is 14.1. The predicted molar refractivity (Wildman–Crippen MR) is 80.7 cm³/mol. The van der Waals surface area contributed by atoms with Crippen molar-refractivity contribution in [2.45, 2.75) is 25.7 Å². The van der Waals surface area contributed by atoms with Crippen LogP contribution in [-0.4, -0.2) is 13.6 Å². The van der Waals surface area contributed by atoms with Gasteiger partial charge in [-0.05, 0) is 60.0 Å². The first kappa shape index (κ1) is 15.3. The summed E-state index contributed by atoms with van der Waals surface area (Å²) in [5.74, 6) is 0.0412. The first-order valence-electron chi connectivity index (χ1n) is 5.63. The summed E-state index contributed by atoms with van der Waals surface area (Å²) in [4.78, 5) is 0.114. The maximum absolute atomic E-state index is 12.4. The molecule has 1 N–H and O–H groups in total. The third kappa shape index (κ3) is 2.84. The monoisotopic (exact) mass is 378 g/mol. The van der Waals surface area contributed by atoms with Gasteiger partial charge in [0.15, 0.2) is 0 Å². The Morgan fingerprint density at radius 3 is 2.50 bits per heavy atom. The fraction of sp³-hybridized carbons (Fsp3) is 0.250. The molecule has 0 unspecified atom stereocenters. The van der Waals surface area contributed by atoms with Gasteiger partial charge in [-0.2, -0.15) is 0 Å². The molecule has 5 nitrogen and oxygen atoms in total. The minimum atomic E-state index is -3.80. The van der Waals surface area contributed by atoms with E-state index in [4.69, 9.17) is 16.1 Å². The average molecular weight is 380 g/mol. The van der Waals surface area contributed by atoms with Crippen LogP contribution in [0.2, 0.25) is 5.02 Å². The number of aromatic nitrogens is 1. The Kier molecular flexibility index (Phi) is 4.13. The van der Waals surface area contributed by atoms with E-state index in [-0.39, 0.29) is 10.8 Å². The SMILES string of the molecule is Cc1cc(Cl)c(C)c(S(=O)(=O)Nc2onc(C)c2Br)c1. The van der Waals surface area contributed by atoms with E-state index < -0.39 is 10.0 Å². The first-order valence-corrected chi connectivity index (χ1v) is 8.29. The first-order chi connectivity index (χ1) is 9.22. The summed E-state index contributed by atoms with van der Waals surface area (Å²) in [6.45, 7) is 5.12. The summed E-state index contributed by atoms with van der Waals surface area (Å²) in [5, 5.41) is 4.08. The van der Waals surface area contributed by atoms with Crippen LogP contribution in [0.15, 0.2) is 26.0 Å². The molecule has 8 heteroatoms. The van der Waals surface area contributed by atoms with E-state index in [1.54, 1.807) is 32.9 Å². The molecule has 1 aromatic carbocycles. The molecular weight excluding hydrogens is 368 g/mol. The van der Waals surface area contributed by atoms with Crippen LogP contribution in [0.25, 0.3) is 0 Å². The Labute approximate surface area is 130 Å². The van der Waals surface area contributed by atoms with Crippen molar-refractivity contribution in [2.75, 3.05) is 4.72 Å². The van der Waals surface area contributed by atoms with Crippen molar-refractivity contribution in [2.24, 2.45) is 0 Å². The lowest BCUT2D eigenvalue weighted by atomic mass is 10.2. The number of sulfonamides is 1. The molecule has 0 radical (unpaired) electrons. The Morgan fingerprint density at radius 2 is 1.95 bits per heavy atom. The van der Waals surface area contributed by atoms with Crippen molar-refractivity contribution in [1.29, 1.82) is 0 Å². The maximum atomic E-state index is 12.4. The number of benzene rings is 1. The molecule has 0 aliphatic rings. The Hall–Kier alpha value is -1.05. The molecule has 0 aliphatic heterocycles. The van der Waals surface area contributed by atoms with Gasteiger partial charge in [0.2, 0.25) is 0 Å². The molecule has 108 valence electrons. The third-order valence-corrected chi connectivity index (χ3v) is 5.53. The van der Waals surface area contributed by atoms with Gasteiger partial charge in [-0.15, -0.1) is 0 Å². The fourth-order valence-corrected chi connectivity index (χ4v) is 3.71. The lowest BCUT2D eigenvalue weighted by Crippen LogP contribution is -2.14. The highest BCUT2D eigenvalue weighted by Gasteiger charge is 2.23. The van der Waals surface area contributed by atoms with Gasteiger partial charge in [0.05, 0.1) is 10.6 Å². The number of nitrogens with zero attached hydrogens (tertiary/aromatic N) is 1. The highest BCUT2D eigenvalue weighted by Crippen LogP contribution is 2.30. The highest BCUT2D eigenvalue weighted by atomic mass is 79.9. The second kappa shape index (κ2) is 5.38. The molecule has 0 atom stereocenters. The van der Waals surface area contributed by atoms with Crippen molar-refractivity contribution in [1.82, 2.24) is 5.16 Å². The van der Waals surface area contributed by atoms with Crippen LogP contribution in [0.4, 0.5) is 5.88 Å². The van der Waals surface area contributed by atoms with Gasteiger partial charge < -0.3 is 4.52 Å². The second-order valence-electron chi connectivity index (χ2n) is 4.39. The largest absolute Gasteiger partial charge is 0.336 e. The van der Waals surface area contributed by atoms with Crippen molar-refractivity contribution in [3.63, 3.8) is 0 Å². The minimum Gasteiger partial charge on any atom is -0.336 e. The molecule has 0 saturated heterocycles. The molecular formula is C12H12BrClN2O3S. The Balaban J connectivity index is 2.49. The van der Waals surface area contributed by atoms with E-state index in [0.29, 0.717) is 20.8 Å². The lowest BCUT2D eigenvalue weighted by molar-refractivity contribution is 0.430. The molecule has 0 spiro atoms. The third-order valence-electron chi connectivity index (χ3n) is 2.75. The van der Waals surface area contributed by atoms with Crippen molar-refractivity contribution < 1.29 is 12.9 Å². The molecule has 1 heterocycles. The van der Waals surface area contributed by atoms with Crippen LogP contribution in [0, 0.1) is 20.8 Å². The van der Waals surface area contributed by atoms with E-state index in [0.717, 1.165) is 5.56 Å². The number of nitrogens with one attached hydrogen (secondary N) is 1. The molecule has 2 aromatic rings. The second-order valence-corrected chi connectivity index (χ2v) is 7.24. The number of anilines is 1. The summed E-state index contributed by atoms with van der Waals surface area (Å²) in [6.07, 6.45) is 0. The predicted octanol–water partition coefficient (Wildman–Crippen LogP) is 3.82. The number of hydrogen-bond donors (Lipinski definition) is 1. The Morgan fingerprint density at radius 1 is 1.30 bits per heavy atom. The maximum Gasteiger partial charge on any atom is 0.264 e. The van der Waals surface area contributed by atoms with Crippen molar-refractivity contribution in [3.8, 4) is 0 Å². The standard InChI is InChI=1S/C12H12BrClN2O3S/c1-6-4-9(14)7(2)10(5-6)20(17,18)16-12-11(13)8(3)15-19-12/h4-5,16H,1-3H3. The quantitative estimate of drug-likeness (QED) is 0.880. The van der Waals surface area contributed by atoms with Gasteiger partial charge in [0, 0.05) is 5.02 Å². The lowest BCUT2D eigenvalue weighted by Gasteiger charge is -2.10. The summed E-state index contributed by atoms with van der Waals surface area (Å²) < 4.78 is 32.6. The summed E-state index contributed by atoms with van der Waals surface area (Å²) in [5.41, 5.74) is 1.80. The number of aryl methyl sites for hydroxylation is 2. The van der Waals surface area contributed by atoms with Gasteiger partial charge >= 0.3 is 0 Å². The number of rotatable bonds is 3. The fourth-order valence-electron chi connectivity index (χ4n) is 1.66. The normalized spacial score (nSPS) is 11.7.